The topological polar surface area (TPSA) is 69.2 Å². The minimum absolute atomic E-state index is 0.0591. The Kier molecular flexibility index (Phi) is 5.09. The highest BCUT2D eigenvalue weighted by molar-refractivity contribution is 5.12. The second kappa shape index (κ2) is 7.12. The van der Waals surface area contributed by atoms with Gasteiger partial charge in [-0.1, -0.05) is 5.16 Å². The predicted molar refractivity (Wildman–Crippen MR) is 80.5 cm³/mol. The lowest BCUT2D eigenvalue weighted by Gasteiger charge is -2.31. The van der Waals surface area contributed by atoms with E-state index in [1.165, 1.54) is 4.57 Å². The molecule has 2 aromatic heterocycles. The molecule has 1 aliphatic rings. The maximum Gasteiger partial charge on any atom is 0.434 e. The van der Waals surface area contributed by atoms with Crippen LogP contribution in [0.25, 0.3) is 0 Å². The Hall–Kier alpha value is -1.94. The van der Waals surface area contributed by atoms with Crippen LogP contribution in [-0.4, -0.2) is 44.8 Å². The van der Waals surface area contributed by atoms with Gasteiger partial charge in [0, 0.05) is 32.8 Å². The lowest BCUT2D eigenvalue weighted by molar-refractivity contribution is -0.141. The van der Waals surface area contributed by atoms with E-state index in [0.29, 0.717) is 30.6 Å². The smallest absolute Gasteiger partial charge is 0.377 e. The lowest BCUT2D eigenvalue weighted by Crippen LogP contribution is -2.34. The summed E-state index contributed by atoms with van der Waals surface area (Å²) in [7, 11) is 3.15. The Morgan fingerprint density at radius 1 is 1.36 bits per heavy atom. The van der Waals surface area contributed by atoms with Gasteiger partial charge in [-0.05, 0) is 19.4 Å². The van der Waals surface area contributed by atoms with Gasteiger partial charge in [0.25, 0.3) is 0 Å². The van der Waals surface area contributed by atoms with Gasteiger partial charge in [-0.3, -0.25) is 4.90 Å². The van der Waals surface area contributed by atoms with Crippen molar-refractivity contribution < 1.29 is 22.4 Å². The Morgan fingerprint density at radius 2 is 2.16 bits per heavy atom. The summed E-state index contributed by atoms with van der Waals surface area (Å²) in [6.07, 6.45) is -1.70. The first-order valence-corrected chi connectivity index (χ1v) is 8.00. The average molecular weight is 359 g/mol. The SMILES string of the molecule is COCc1noc(CN2CCC[C@@H](c3nc(C(F)(F)F)cn3C)C2)n1. The maximum absolute atomic E-state index is 12.9. The van der Waals surface area contributed by atoms with Crippen molar-refractivity contribution in [1.29, 1.82) is 0 Å². The first-order valence-electron chi connectivity index (χ1n) is 8.00. The molecule has 1 aliphatic heterocycles. The molecular formula is C15H20F3N5O2. The Balaban J connectivity index is 1.67. The summed E-state index contributed by atoms with van der Waals surface area (Å²) in [6, 6.07) is 0. The van der Waals surface area contributed by atoms with Crippen LogP contribution in [0.15, 0.2) is 10.7 Å². The zero-order valence-corrected chi connectivity index (χ0v) is 14.1. The molecule has 0 unspecified atom stereocenters. The van der Waals surface area contributed by atoms with Gasteiger partial charge in [0.2, 0.25) is 5.89 Å². The van der Waals surface area contributed by atoms with Gasteiger partial charge in [-0.2, -0.15) is 18.2 Å². The average Bonchev–Trinajstić information content (AvgIpc) is 3.14. The molecule has 0 N–H and O–H groups in total. The highest BCUT2D eigenvalue weighted by atomic mass is 19.4. The summed E-state index contributed by atoms with van der Waals surface area (Å²) in [5.74, 6) is 1.35. The minimum Gasteiger partial charge on any atom is -0.377 e. The third-order valence-electron chi connectivity index (χ3n) is 4.22. The molecule has 3 heterocycles. The molecule has 1 atom stereocenters. The van der Waals surface area contributed by atoms with E-state index < -0.39 is 11.9 Å². The third kappa shape index (κ3) is 4.18. The highest BCUT2D eigenvalue weighted by Crippen LogP contribution is 2.32. The fraction of sp³-hybridized carbons (Fsp3) is 0.667. The number of ether oxygens (including phenoxy) is 1. The molecule has 10 heteroatoms. The standard InChI is InChI=1S/C15H20F3N5O2/c1-22-7-11(15(16,17)18)19-14(22)10-4-3-5-23(6-10)8-13-20-12(9-24-2)21-25-13/h7,10H,3-6,8-9H2,1-2H3/t10-/m1/s1. The minimum atomic E-state index is -4.42. The molecule has 0 saturated carbocycles. The Morgan fingerprint density at radius 3 is 2.84 bits per heavy atom. The van der Waals surface area contributed by atoms with Crippen molar-refractivity contribution in [3.63, 3.8) is 0 Å². The van der Waals surface area contributed by atoms with E-state index in [4.69, 9.17) is 9.26 Å². The normalized spacial score (nSPS) is 19.5. The summed E-state index contributed by atoms with van der Waals surface area (Å²) in [5.41, 5.74) is -0.844. The van der Waals surface area contributed by atoms with Crippen molar-refractivity contribution in [2.75, 3.05) is 20.2 Å². The first-order chi connectivity index (χ1) is 11.9. The molecular weight excluding hydrogens is 339 g/mol. The number of hydrogen-bond acceptors (Lipinski definition) is 6. The van der Waals surface area contributed by atoms with Crippen molar-refractivity contribution in [3.8, 4) is 0 Å². The molecule has 0 amide bonds. The molecule has 1 saturated heterocycles. The predicted octanol–water partition coefficient (Wildman–Crippen LogP) is 2.35. The number of methoxy groups -OCH3 is 1. The van der Waals surface area contributed by atoms with Crippen LogP contribution in [-0.2, 0) is 31.1 Å². The number of imidazole rings is 1. The fourth-order valence-electron chi connectivity index (χ4n) is 3.14. The molecule has 0 radical (unpaired) electrons. The summed E-state index contributed by atoms with van der Waals surface area (Å²) in [4.78, 5) is 10.1. The van der Waals surface area contributed by atoms with Crippen molar-refractivity contribution in [1.82, 2.24) is 24.6 Å². The van der Waals surface area contributed by atoms with Crippen LogP contribution in [0.4, 0.5) is 13.2 Å². The number of nitrogens with zero attached hydrogens (tertiary/aromatic N) is 5. The molecule has 7 nitrogen and oxygen atoms in total. The van der Waals surface area contributed by atoms with Gasteiger partial charge in [0.15, 0.2) is 11.5 Å². The highest BCUT2D eigenvalue weighted by Gasteiger charge is 2.36. The van der Waals surface area contributed by atoms with Gasteiger partial charge < -0.3 is 13.8 Å². The molecule has 2 aromatic rings. The second-order valence-electron chi connectivity index (χ2n) is 6.20. The number of likely N-dealkylation sites (tertiary alicyclic amines) is 1. The van der Waals surface area contributed by atoms with E-state index in [2.05, 4.69) is 20.0 Å². The number of alkyl halides is 3. The van der Waals surface area contributed by atoms with Crippen LogP contribution in [0.1, 0.15) is 42.0 Å². The fourth-order valence-corrected chi connectivity index (χ4v) is 3.14. The van der Waals surface area contributed by atoms with E-state index in [1.54, 1.807) is 14.2 Å². The van der Waals surface area contributed by atoms with Crippen molar-refractivity contribution in [3.05, 3.63) is 29.4 Å². The van der Waals surface area contributed by atoms with Crippen molar-refractivity contribution in [2.24, 2.45) is 7.05 Å². The van der Waals surface area contributed by atoms with Gasteiger partial charge in [-0.15, -0.1) is 0 Å². The molecule has 0 spiro atoms. The summed E-state index contributed by atoms with van der Waals surface area (Å²) in [6.45, 7) is 2.17. The molecule has 0 aliphatic carbocycles. The van der Waals surface area contributed by atoms with Crippen LogP contribution < -0.4 is 0 Å². The monoisotopic (exact) mass is 359 g/mol. The number of aryl methyl sites for hydroxylation is 1. The lowest BCUT2D eigenvalue weighted by atomic mass is 9.97. The Bertz CT molecular complexity index is 712. The quantitative estimate of drug-likeness (QED) is 0.816. The number of rotatable bonds is 5. The number of aromatic nitrogens is 4. The van der Waals surface area contributed by atoms with Gasteiger partial charge >= 0.3 is 6.18 Å². The molecule has 0 bridgehead atoms. The van der Waals surface area contributed by atoms with Gasteiger partial charge in [-0.25, -0.2) is 4.98 Å². The largest absolute Gasteiger partial charge is 0.434 e. The van der Waals surface area contributed by atoms with E-state index in [9.17, 15) is 13.2 Å². The second-order valence-corrected chi connectivity index (χ2v) is 6.20. The molecule has 0 aromatic carbocycles. The van der Waals surface area contributed by atoms with Crippen LogP contribution in [0.5, 0.6) is 0 Å². The number of halogens is 3. The van der Waals surface area contributed by atoms with Gasteiger partial charge in [0.05, 0.1) is 6.54 Å². The number of piperidine rings is 1. The summed E-state index contributed by atoms with van der Waals surface area (Å²) >= 11 is 0. The molecule has 138 valence electrons. The van der Waals surface area contributed by atoms with Crippen LogP contribution >= 0.6 is 0 Å². The van der Waals surface area contributed by atoms with Crippen LogP contribution in [0, 0.1) is 0 Å². The Labute approximate surface area is 142 Å². The van der Waals surface area contributed by atoms with Crippen LogP contribution in [0.2, 0.25) is 0 Å². The van der Waals surface area contributed by atoms with Gasteiger partial charge in [0.1, 0.15) is 12.4 Å². The van der Waals surface area contributed by atoms with Crippen molar-refractivity contribution in [2.45, 2.75) is 38.1 Å². The number of hydrogen-bond donors (Lipinski definition) is 0. The zero-order valence-electron chi connectivity index (χ0n) is 14.1. The zero-order chi connectivity index (χ0) is 18.0. The summed E-state index contributed by atoms with van der Waals surface area (Å²) < 4.78 is 50.2. The molecule has 3 rings (SSSR count). The molecule has 1 fully saturated rings. The van der Waals surface area contributed by atoms with Crippen LogP contribution in [0.3, 0.4) is 0 Å². The summed E-state index contributed by atoms with van der Waals surface area (Å²) in [5, 5.41) is 3.81. The molecule has 25 heavy (non-hydrogen) atoms. The van der Waals surface area contributed by atoms with Crippen molar-refractivity contribution >= 4 is 0 Å². The third-order valence-corrected chi connectivity index (χ3v) is 4.22. The van der Waals surface area contributed by atoms with E-state index in [1.807, 2.05) is 0 Å². The van der Waals surface area contributed by atoms with E-state index in [0.717, 1.165) is 25.6 Å². The van der Waals surface area contributed by atoms with E-state index >= 15 is 0 Å². The maximum atomic E-state index is 12.9. The van der Waals surface area contributed by atoms with E-state index in [-0.39, 0.29) is 12.5 Å². The first kappa shape index (κ1) is 17.9.